The highest BCUT2D eigenvalue weighted by Gasteiger charge is 2.30. The number of carbonyl (C=O) groups is 2. The van der Waals surface area contributed by atoms with E-state index in [0.29, 0.717) is 22.6 Å². The molecule has 0 unspecified atom stereocenters. The summed E-state index contributed by atoms with van der Waals surface area (Å²) in [6, 6.07) is 30.8. The molecule has 0 radical (unpaired) electrons. The summed E-state index contributed by atoms with van der Waals surface area (Å²) < 4.78 is 50.4. The summed E-state index contributed by atoms with van der Waals surface area (Å²) in [6.07, 6.45) is -4.47. The van der Waals surface area contributed by atoms with Crippen molar-refractivity contribution in [3.63, 3.8) is 0 Å². The van der Waals surface area contributed by atoms with Gasteiger partial charge in [0.15, 0.2) is 0 Å². The summed E-state index contributed by atoms with van der Waals surface area (Å²) >= 11 is 0. The average Bonchev–Trinajstić information content (AvgIpc) is 3.04. The van der Waals surface area contributed by atoms with E-state index in [2.05, 4.69) is 5.32 Å². The van der Waals surface area contributed by atoms with Crippen LogP contribution >= 0.6 is 0 Å². The zero-order chi connectivity index (χ0) is 32.8. The maximum Gasteiger partial charge on any atom is 0.416 e. The SMILES string of the molecule is CC(C)c1cc(NC(=O)c2ccc(Oc3ccccc3)cc2)c(C(=O)O)cc1-c1ccc(COc2cccc(C(F)(F)F)c2)cc1. The van der Waals surface area contributed by atoms with Crippen LogP contribution in [0.15, 0.2) is 115 Å². The lowest BCUT2D eigenvalue weighted by atomic mass is 9.89. The first-order valence-corrected chi connectivity index (χ1v) is 14.4. The first kappa shape index (κ1) is 31.8. The van der Waals surface area contributed by atoms with Crippen molar-refractivity contribution >= 4 is 17.6 Å². The Morgan fingerprint density at radius 3 is 2.07 bits per heavy atom. The number of ether oxygens (including phenoxy) is 2. The maximum absolute atomic E-state index is 13.2. The number of carboxylic acids is 1. The van der Waals surface area contributed by atoms with E-state index in [0.717, 1.165) is 28.8 Å². The lowest BCUT2D eigenvalue weighted by Gasteiger charge is -2.18. The lowest BCUT2D eigenvalue weighted by Crippen LogP contribution is -2.15. The minimum atomic E-state index is -4.47. The van der Waals surface area contributed by atoms with Crippen LogP contribution in [0, 0.1) is 0 Å². The molecular weight excluding hydrogens is 595 g/mol. The second kappa shape index (κ2) is 13.6. The highest BCUT2D eigenvalue weighted by molar-refractivity contribution is 6.08. The van der Waals surface area contributed by atoms with Crippen LogP contribution in [0.3, 0.4) is 0 Å². The zero-order valence-corrected chi connectivity index (χ0v) is 25.0. The molecule has 5 aromatic carbocycles. The predicted molar refractivity (Wildman–Crippen MR) is 170 cm³/mol. The van der Waals surface area contributed by atoms with Crippen LogP contribution in [-0.4, -0.2) is 17.0 Å². The van der Waals surface area contributed by atoms with E-state index in [-0.39, 0.29) is 29.5 Å². The van der Waals surface area contributed by atoms with E-state index in [1.165, 1.54) is 18.2 Å². The number of hydrogen-bond acceptors (Lipinski definition) is 4. The molecule has 234 valence electrons. The third kappa shape index (κ3) is 7.74. The highest BCUT2D eigenvalue weighted by atomic mass is 19.4. The van der Waals surface area contributed by atoms with Crippen molar-refractivity contribution in [3.05, 3.63) is 143 Å². The first-order valence-electron chi connectivity index (χ1n) is 14.4. The number of benzene rings is 5. The largest absolute Gasteiger partial charge is 0.489 e. The number of aromatic carboxylic acids is 1. The Morgan fingerprint density at radius 2 is 1.43 bits per heavy atom. The molecule has 0 atom stereocenters. The fourth-order valence-electron chi connectivity index (χ4n) is 4.83. The van der Waals surface area contributed by atoms with Gasteiger partial charge in [-0.15, -0.1) is 0 Å². The Balaban J connectivity index is 1.34. The fourth-order valence-corrected chi connectivity index (χ4v) is 4.83. The molecular formula is C37H30F3NO5. The molecule has 0 spiro atoms. The van der Waals surface area contributed by atoms with Crippen LogP contribution in [0.4, 0.5) is 18.9 Å². The molecule has 0 aliphatic rings. The van der Waals surface area contributed by atoms with Gasteiger partial charge in [-0.25, -0.2) is 4.79 Å². The van der Waals surface area contributed by atoms with Gasteiger partial charge < -0.3 is 19.9 Å². The van der Waals surface area contributed by atoms with Gasteiger partial charge in [-0.3, -0.25) is 4.79 Å². The van der Waals surface area contributed by atoms with E-state index in [1.807, 2.05) is 44.2 Å². The second-order valence-corrected chi connectivity index (χ2v) is 10.8. The molecule has 0 aliphatic carbocycles. The minimum absolute atomic E-state index is 0.0214. The molecule has 5 aromatic rings. The molecule has 0 bridgehead atoms. The van der Waals surface area contributed by atoms with Crippen LogP contribution in [0.1, 0.15) is 57.2 Å². The van der Waals surface area contributed by atoms with Crippen molar-refractivity contribution in [2.75, 3.05) is 5.32 Å². The highest BCUT2D eigenvalue weighted by Crippen LogP contribution is 2.35. The van der Waals surface area contributed by atoms with Crippen molar-refractivity contribution in [2.45, 2.75) is 32.5 Å². The van der Waals surface area contributed by atoms with E-state index >= 15 is 0 Å². The summed E-state index contributed by atoms with van der Waals surface area (Å²) in [5.74, 6) is -0.391. The van der Waals surface area contributed by atoms with Crippen molar-refractivity contribution in [1.82, 2.24) is 0 Å². The number of carboxylic acid groups (broad SMARTS) is 1. The molecule has 0 heterocycles. The normalized spacial score (nSPS) is 11.3. The Kier molecular flexibility index (Phi) is 9.42. The number of carbonyl (C=O) groups excluding carboxylic acids is 1. The molecule has 0 saturated carbocycles. The third-order valence-electron chi connectivity index (χ3n) is 7.22. The summed E-state index contributed by atoms with van der Waals surface area (Å²) in [5.41, 5.74) is 2.58. The number of anilines is 1. The molecule has 0 aliphatic heterocycles. The standard InChI is InChI=1S/C37H30F3NO5/c1-23(2)31-21-34(41-35(42)26-15-17-29(18-16-26)46-28-8-4-3-5-9-28)33(36(43)44)20-32(31)25-13-11-24(12-14-25)22-45-30-10-6-7-27(19-30)37(38,39)40/h3-21,23H,22H2,1-2H3,(H,41,42)(H,43,44). The van der Waals surface area contributed by atoms with Gasteiger partial charge in [0.1, 0.15) is 23.9 Å². The Morgan fingerprint density at radius 1 is 0.783 bits per heavy atom. The van der Waals surface area contributed by atoms with Gasteiger partial charge in [0.05, 0.1) is 16.8 Å². The van der Waals surface area contributed by atoms with Gasteiger partial charge in [0.25, 0.3) is 5.91 Å². The van der Waals surface area contributed by atoms with E-state index in [1.54, 1.807) is 54.6 Å². The van der Waals surface area contributed by atoms with Gasteiger partial charge in [0, 0.05) is 5.56 Å². The van der Waals surface area contributed by atoms with E-state index < -0.39 is 23.6 Å². The van der Waals surface area contributed by atoms with Crippen LogP contribution in [0.5, 0.6) is 17.2 Å². The molecule has 0 fully saturated rings. The van der Waals surface area contributed by atoms with Gasteiger partial charge >= 0.3 is 12.1 Å². The van der Waals surface area contributed by atoms with Crippen molar-refractivity contribution < 1.29 is 37.3 Å². The summed E-state index contributed by atoms with van der Waals surface area (Å²) in [5, 5.41) is 12.8. The Bertz CT molecular complexity index is 1830. The van der Waals surface area contributed by atoms with Crippen molar-refractivity contribution in [3.8, 4) is 28.4 Å². The molecule has 1 amide bonds. The fraction of sp³-hybridized carbons (Fsp3) is 0.135. The van der Waals surface area contributed by atoms with Gasteiger partial charge in [-0.1, -0.05) is 62.4 Å². The van der Waals surface area contributed by atoms with Crippen LogP contribution < -0.4 is 14.8 Å². The number of hydrogen-bond donors (Lipinski definition) is 2. The predicted octanol–water partition coefficient (Wildman–Crippen LogP) is 9.82. The molecule has 0 aromatic heterocycles. The number of alkyl halides is 3. The minimum Gasteiger partial charge on any atom is -0.489 e. The monoisotopic (exact) mass is 625 g/mol. The van der Waals surface area contributed by atoms with E-state index in [4.69, 9.17) is 9.47 Å². The summed E-state index contributed by atoms with van der Waals surface area (Å²) in [7, 11) is 0. The number of amides is 1. The molecule has 2 N–H and O–H groups in total. The van der Waals surface area contributed by atoms with Crippen molar-refractivity contribution in [1.29, 1.82) is 0 Å². The van der Waals surface area contributed by atoms with Gasteiger partial charge in [0.2, 0.25) is 0 Å². The van der Waals surface area contributed by atoms with Crippen LogP contribution in [0.25, 0.3) is 11.1 Å². The number of nitrogens with one attached hydrogen (secondary N) is 1. The molecule has 5 rings (SSSR count). The average molecular weight is 626 g/mol. The van der Waals surface area contributed by atoms with Gasteiger partial charge in [-0.05, 0) is 94.9 Å². The second-order valence-electron chi connectivity index (χ2n) is 10.8. The van der Waals surface area contributed by atoms with Crippen molar-refractivity contribution in [2.24, 2.45) is 0 Å². The van der Waals surface area contributed by atoms with Crippen LogP contribution in [0.2, 0.25) is 0 Å². The smallest absolute Gasteiger partial charge is 0.416 e. The van der Waals surface area contributed by atoms with Crippen LogP contribution in [-0.2, 0) is 12.8 Å². The Hall–Kier alpha value is -5.57. The first-order chi connectivity index (χ1) is 22.0. The maximum atomic E-state index is 13.2. The quantitative estimate of drug-likeness (QED) is 0.161. The summed E-state index contributed by atoms with van der Waals surface area (Å²) in [4.78, 5) is 25.5. The Labute approximate surface area is 264 Å². The molecule has 9 heteroatoms. The number of halogens is 3. The lowest BCUT2D eigenvalue weighted by molar-refractivity contribution is -0.137. The molecule has 6 nitrogen and oxygen atoms in total. The molecule has 0 saturated heterocycles. The van der Waals surface area contributed by atoms with E-state index in [9.17, 15) is 27.9 Å². The number of para-hydroxylation sites is 1. The zero-order valence-electron chi connectivity index (χ0n) is 25.0. The topological polar surface area (TPSA) is 84.9 Å². The number of rotatable bonds is 10. The molecule has 46 heavy (non-hydrogen) atoms. The van der Waals surface area contributed by atoms with Gasteiger partial charge in [-0.2, -0.15) is 13.2 Å². The third-order valence-corrected chi connectivity index (χ3v) is 7.22. The summed E-state index contributed by atoms with van der Waals surface area (Å²) in [6.45, 7) is 3.98.